The topological polar surface area (TPSA) is 96.0 Å². The summed E-state index contributed by atoms with van der Waals surface area (Å²) < 4.78 is 35.1. The highest BCUT2D eigenvalue weighted by molar-refractivity contribution is 7.92. The normalized spacial score (nSPS) is 12.0. The highest BCUT2D eigenvalue weighted by atomic mass is 35.5. The fourth-order valence-electron chi connectivity index (χ4n) is 4.49. The summed E-state index contributed by atoms with van der Waals surface area (Å²) in [5, 5.41) is 3.42. The number of sulfonamides is 1. The Morgan fingerprint density at radius 3 is 2.02 bits per heavy atom. The number of ether oxygens (including phenoxy) is 1. The van der Waals surface area contributed by atoms with Gasteiger partial charge in [0.05, 0.1) is 10.6 Å². The zero-order valence-electron chi connectivity index (χ0n) is 25.8. The van der Waals surface area contributed by atoms with Gasteiger partial charge in [-0.25, -0.2) is 8.42 Å². The van der Waals surface area contributed by atoms with Crippen LogP contribution in [0.1, 0.15) is 31.9 Å². The van der Waals surface area contributed by atoms with Crippen molar-refractivity contribution in [3.8, 4) is 11.5 Å². The third-order valence-corrected chi connectivity index (χ3v) is 9.15. The van der Waals surface area contributed by atoms with E-state index in [0.717, 1.165) is 15.4 Å². The number of carbonyl (C=O) groups is 2. The van der Waals surface area contributed by atoms with Gasteiger partial charge in [-0.3, -0.25) is 13.9 Å². The Morgan fingerprint density at radius 2 is 1.42 bits per heavy atom. The molecule has 0 heterocycles. The van der Waals surface area contributed by atoms with E-state index in [0.29, 0.717) is 23.1 Å². The molecule has 0 aliphatic rings. The number of anilines is 1. The smallest absolute Gasteiger partial charge is 0.264 e. The Labute approximate surface area is 270 Å². The van der Waals surface area contributed by atoms with Crippen molar-refractivity contribution in [1.29, 1.82) is 0 Å². The zero-order chi connectivity index (χ0) is 32.6. The second kappa shape index (κ2) is 15.1. The molecule has 4 rings (SSSR count). The number of benzene rings is 4. The van der Waals surface area contributed by atoms with Gasteiger partial charge >= 0.3 is 0 Å². The summed E-state index contributed by atoms with van der Waals surface area (Å²) in [6, 6.07) is 28.2. The van der Waals surface area contributed by atoms with E-state index in [2.05, 4.69) is 5.32 Å². The van der Waals surface area contributed by atoms with Crippen LogP contribution in [-0.2, 0) is 26.2 Å². The molecule has 0 aliphatic carbocycles. The SMILES string of the molecule is Cc1ccc(S(=O)(=O)N(CC(=O)N(Cc2ccc(Cl)cc2)C(C)C(=O)NCC(C)C)c2ccc(Oc3ccccc3)cc2)cc1. The zero-order valence-corrected chi connectivity index (χ0v) is 27.4. The molecule has 2 amide bonds. The van der Waals surface area contributed by atoms with E-state index in [4.69, 9.17) is 16.3 Å². The number of hydrogen-bond acceptors (Lipinski definition) is 5. The molecule has 1 atom stereocenters. The Balaban J connectivity index is 1.69. The van der Waals surface area contributed by atoms with Crippen LogP contribution in [0.15, 0.2) is 108 Å². The first-order valence-electron chi connectivity index (χ1n) is 14.7. The number of aryl methyl sites for hydroxylation is 1. The van der Waals surface area contributed by atoms with Gasteiger partial charge in [-0.1, -0.05) is 73.5 Å². The van der Waals surface area contributed by atoms with Gasteiger partial charge < -0.3 is 15.0 Å². The van der Waals surface area contributed by atoms with Gasteiger partial charge in [0.15, 0.2) is 0 Å². The maximum Gasteiger partial charge on any atom is 0.264 e. The largest absolute Gasteiger partial charge is 0.457 e. The summed E-state index contributed by atoms with van der Waals surface area (Å²) in [5.74, 6) is 0.472. The molecule has 0 spiro atoms. The maximum atomic E-state index is 14.1. The minimum absolute atomic E-state index is 0.0393. The van der Waals surface area contributed by atoms with Crippen molar-refractivity contribution in [2.24, 2.45) is 5.92 Å². The lowest BCUT2D eigenvalue weighted by atomic mass is 10.1. The molecule has 0 aromatic heterocycles. The Hall–Kier alpha value is -4.34. The fraction of sp³-hybridized carbons (Fsp3) is 0.257. The molecule has 45 heavy (non-hydrogen) atoms. The molecular weight excluding hydrogens is 610 g/mol. The van der Waals surface area contributed by atoms with Crippen LogP contribution in [0.25, 0.3) is 0 Å². The van der Waals surface area contributed by atoms with Gasteiger partial charge in [-0.2, -0.15) is 0 Å². The minimum atomic E-state index is -4.19. The van der Waals surface area contributed by atoms with E-state index in [1.165, 1.54) is 17.0 Å². The third kappa shape index (κ3) is 9.09. The van der Waals surface area contributed by atoms with Crippen molar-refractivity contribution in [3.05, 3.63) is 119 Å². The molecule has 8 nitrogen and oxygen atoms in total. The lowest BCUT2D eigenvalue weighted by molar-refractivity contribution is -0.139. The standard InChI is InChI=1S/C35H38ClN3O5S/c1-25(2)22-37-35(41)27(4)38(23-28-12-14-29(36)15-13-28)34(40)24-39(45(42,43)33-20-10-26(3)11-21-33)30-16-18-32(19-17-30)44-31-8-6-5-7-9-31/h5-21,25,27H,22-24H2,1-4H3,(H,37,41). The molecule has 4 aromatic carbocycles. The quantitative estimate of drug-likeness (QED) is 0.172. The molecule has 0 aliphatic heterocycles. The summed E-state index contributed by atoms with van der Waals surface area (Å²) in [6.45, 7) is 7.44. The first-order chi connectivity index (χ1) is 21.4. The third-order valence-electron chi connectivity index (χ3n) is 7.11. The van der Waals surface area contributed by atoms with Gasteiger partial charge in [0.1, 0.15) is 24.1 Å². The Morgan fingerprint density at radius 1 is 0.822 bits per heavy atom. The second-order valence-corrected chi connectivity index (χ2v) is 13.5. The van der Waals surface area contributed by atoms with E-state index in [9.17, 15) is 18.0 Å². The van der Waals surface area contributed by atoms with E-state index in [-0.39, 0.29) is 29.0 Å². The van der Waals surface area contributed by atoms with Crippen molar-refractivity contribution in [2.45, 2.75) is 45.2 Å². The van der Waals surface area contributed by atoms with E-state index < -0.39 is 28.5 Å². The fourth-order valence-corrected chi connectivity index (χ4v) is 6.03. The molecule has 0 fully saturated rings. The lowest BCUT2D eigenvalue weighted by Crippen LogP contribution is -2.51. The molecule has 0 saturated heterocycles. The number of halogens is 1. The number of carbonyl (C=O) groups excluding carboxylic acids is 2. The summed E-state index contributed by atoms with van der Waals surface area (Å²) in [7, 11) is -4.19. The average Bonchev–Trinajstić information content (AvgIpc) is 3.03. The van der Waals surface area contributed by atoms with Gasteiger partial charge in [0, 0.05) is 18.1 Å². The first kappa shape index (κ1) is 33.6. The van der Waals surface area contributed by atoms with E-state index >= 15 is 0 Å². The predicted molar refractivity (Wildman–Crippen MR) is 178 cm³/mol. The number of nitrogens with one attached hydrogen (secondary N) is 1. The van der Waals surface area contributed by atoms with Crippen LogP contribution in [-0.4, -0.2) is 44.3 Å². The lowest BCUT2D eigenvalue weighted by Gasteiger charge is -2.32. The van der Waals surface area contributed by atoms with E-state index in [1.54, 1.807) is 67.6 Å². The maximum absolute atomic E-state index is 14.1. The number of nitrogens with zero attached hydrogens (tertiary/aromatic N) is 2. The summed E-state index contributed by atoms with van der Waals surface area (Å²) in [4.78, 5) is 28.7. The van der Waals surface area contributed by atoms with Crippen LogP contribution < -0.4 is 14.4 Å². The molecule has 236 valence electrons. The highest BCUT2D eigenvalue weighted by Gasteiger charge is 2.32. The predicted octanol–water partition coefficient (Wildman–Crippen LogP) is 6.83. The van der Waals surface area contributed by atoms with Crippen LogP contribution in [0.5, 0.6) is 11.5 Å². The highest BCUT2D eigenvalue weighted by Crippen LogP contribution is 2.29. The second-order valence-electron chi connectivity index (χ2n) is 11.2. The summed E-state index contributed by atoms with van der Waals surface area (Å²) >= 11 is 6.08. The van der Waals surface area contributed by atoms with Gasteiger partial charge in [0.25, 0.3) is 10.0 Å². The summed E-state index contributed by atoms with van der Waals surface area (Å²) in [5.41, 5.74) is 1.91. The molecule has 0 saturated carbocycles. The van der Waals surface area contributed by atoms with Crippen LogP contribution in [0.3, 0.4) is 0 Å². The number of hydrogen-bond donors (Lipinski definition) is 1. The number of rotatable bonds is 13. The molecule has 1 N–H and O–H groups in total. The first-order valence-corrected chi connectivity index (χ1v) is 16.5. The van der Waals surface area contributed by atoms with Gasteiger partial charge in [0.2, 0.25) is 11.8 Å². The Bertz CT molecular complexity index is 1680. The van der Waals surface area contributed by atoms with Gasteiger partial charge in [-0.05, 0) is 86.0 Å². The molecular formula is C35H38ClN3O5S. The van der Waals surface area contributed by atoms with Crippen LogP contribution in [0.2, 0.25) is 5.02 Å². The minimum Gasteiger partial charge on any atom is -0.457 e. The van der Waals surface area contributed by atoms with E-state index in [1.807, 2.05) is 51.1 Å². The van der Waals surface area contributed by atoms with Crippen molar-refractivity contribution >= 4 is 39.1 Å². The molecule has 1 unspecified atom stereocenters. The average molecular weight is 648 g/mol. The molecule has 4 aromatic rings. The summed E-state index contributed by atoms with van der Waals surface area (Å²) in [6.07, 6.45) is 0. The number of para-hydroxylation sites is 1. The monoisotopic (exact) mass is 647 g/mol. The Kier molecular flexibility index (Phi) is 11.3. The van der Waals surface area contributed by atoms with Gasteiger partial charge in [-0.15, -0.1) is 0 Å². The van der Waals surface area contributed by atoms with Crippen molar-refractivity contribution in [1.82, 2.24) is 10.2 Å². The van der Waals surface area contributed by atoms with Crippen LogP contribution >= 0.6 is 11.6 Å². The molecule has 0 radical (unpaired) electrons. The van der Waals surface area contributed by atoms with Crippen molar-refractivity contribution < 1.29 is 22.7 Å². The molecule has 0 bridgehead atoms. The van der Waals surface area contributed by atoms with Crippen molar-refractivity contribution in [3.63, 3.8) is 0 Å². The van der Waals surface area contributed by atoms with Crippen LogP contribution in [0, 0.1) is 12.8 Å². The number of amides is 2. The molecule has 10 heteroatoms. The van der Waals surface area contributed by atoms with Crippen molar-refractivity contribution in [2.75, 3.05) is 17.4 Å². The van der Waals surface area contributed by atoms with Crippen LogP contribution in [0.4, 0.5) is 5.69 Å².